The van der Waals surface area contributed by atoms with E-state index in [9.17, 15) is 8.42 Å². The Labute approximate surface area is 120 Å². The number of nitrogen functional groups attached to an aromatic ring is 1. The first-order valence-electron chi connectivity index (χ1n) is 6.70. The lowest BCUT2D eigenvalue weighted by atomic mass is 10.2. The van der Waals surface area contributed by atoms with Gasteiger partial charge in [-0.25, -0.2) is 8.42 Å². The van der Waals surface area contributed by atoms with Gasteiger partial charge < -0.3 is 10.6 Å². The van der Waals surface area contributed by atoms with Crippen molar-refractivity contribution in [3.8, 4) is 0 Å². The van der Waals surface area contributed by atoms with Gasteiger partial charge in [-0.05, 0) is 33.9 Å². The van der Waals surface area contributed by atoms with E-state index in [0.29, 0.717) is 12.2 Å². The Balaban J connectivity index is 2.39. The van der Waals surface area contributed by atoms with Crippen LogP contribution in [0.5, 0.6) is 0 Å². The minimum atomic E-state index is -3.58. The Kier molecular flexibility index (Phi) is 4.08. The summed E-state index contributed by atoms with van der Waals surface area (Å²) in [7, 11) is 2.03. The minimum Gasteiger partial charge on any atom is -0.381 e. The molecule has 20 heavy (non-hydrogen) atoms. The fourth-order valence-electron chi connectivity index (χ4n) is 2.78. The summed E-state index contributed by atoms with van der Waals surface area (Å²) in [6.45, 7) is 3.00. The van der Waals surface area contributed by atoms with Crippen molar-refractivity contribution in [2.45, 2.75) is 30.7 Å². The molecule has 0 aromatic carbocycles. The average molecular weight is 301 g/mol. The molecule has 0 bridgehead atoms. The number of hydrogen-bond donors (Lipinski definition) is 1. The van der Waals surface area contributed by atoms with Crippen LogP contribution in [0.4, 0.5) is 5.82 Å². The zero-order valence-electron chi connectivity index (χ0n) is 12.5. The Morgan fingerprint density at radius 3 is 2.60 bits per heavy atom. The van der Waals surface area contributed by atoms with E-state index in [-0.39, 0.29) is 16.8 Å². The molecule has 7 nitrogen and oxygen atoms in total. The molecular weight excluding hydrogens is 278 g/mol. The van der Waals surface area contributed by atoms with Crippen LogP contribution in [0.15, 0.2) is 4.90 Å². The number of nitrogens with two attached hydrogens (primary N) is 1. The van der Waals surface area contributed by atoms with Gasteiger partial charge in [0.05, 0.1) is 5.69 Å². The minimum absolute atomic E-state index is 0.00834. The van der Waals surface area contributed by atoms with Gasteiger partial charge in [0, 0.05) is 26.2 Å². The van der Waals surface area contributed by atoms with Crippen molar-refractivity contribution in [3.63, 3.8) is 0 Å². The normalized spacial score (nSPS) is 20.9. The molecule has 2 rings (SSSR count). The van der Waals surface area contributed by atoms with E-state index in [1.807, 2.05) is 19.0 Å². The highest BCUT2D eigenvalue weighted by Crippen LogP contribution is 2.30. The smallest absolute Gasteiger partial charge is 0.248 e. The maximum atomic E-state index is 12.9. The van der Waals surface area contributed by atoms with Crippen LogP contribution in [0.2, 0.25) is 0 Å². The van der Waals surface area contributed by atoms with Crippen molar-refractivity contribution in [3.05, 3.63) is 5.69 Å². The third-order valence-electron chi connectivity index (χ3n) is 3.77. The van der Waals surface area contributed by atoms with Gasteiger partial charge in [-0.1, -0.05) is 0 Å². The number of aromatic nitrogens is 2. The number of anilines is 1. The van der Waals surface area contributed by atoms with E-state index in [0.717, 1.165) is 19.4 Å². The summed E-state index contributed by atoms with van der Waals surface area (Å²) in [6, 6.07) is 0.00834. The van der Waals surface area contributed by atoms with Gasteiger partial charge in [-0.2, -0.15) is 9.40 Å². The quantitative estimate of drug-likeness (QED) is 0.848. The molecule has 0 aliphatic carbocycles. The summed E-state index contributed by atoms with van der Waals surface area (Å²) in [6.07, 6.45) is 1.77. The maximum absolute atomic E-state index is 12.9. The highest BCUT2D eigenvalue weighted by Gasteiger charge is 2.38. The van der Waals surface area contributed by atoms with Crippen LogP contribution >= 0.6 is 0 Å². The molecule has 1 aliphatic heterocycles. The maximum Gasteiger partial charge on any atom is 0.248 e. The van der Waals surface area contributed by atoms with E-state index >= 15 is 0 Å². The standard InChI is InChI=1S/C12H23N5O2S/c1-9-11(12(13)14-16(9)4)20(18,19)17-7-5-6-10(17)8-15(2)3/h10H,5-8H2,1-4H3,(H2,13,14). The van der Waals surface area contributed by atoms with Crippen molar-refractivity contribution < 1.29 is 8.42 Å². The molecule has 1 aromatic heterocycles. The third-order valence-corrected chi connectivity index (χ3v) is 5.89. The van der Waals surface area contributed by atoms with E-state index in [1.165, 1.54) is 4.68 Å². The first-order valence-corrected chi connectivity index (χ1v) is 8.14. The molecule has 2 N–H and O–H groups in total. The second kappa shape index (κ2) is 5.34. The number of rotatable bonds is 4. The van der Waals surface area contributed by atoms with Crippen LogP contribution in [0.1, 0.15) is 18.5 Å². The molecule has 1 atom stereocenters. The lowest BCUT2D eigenvalue weighted by Gasteiger charge is -2.26. The molecular formula is C12H23N5O2S. The molecule has 114 valence electrons. The lowest BCUT2D eigenvalue weighted by Crippen LogP contribution is -2.41. The second-order valence-electron chi connectivity index (χ2n) is 5.60. The zero-order valence-corrected chi connectivity index (χ0v) is 13.3. The number of hydrogen-bond acceptors (Lipinski definition) is 5. The molecule has 8 heteroatoms. The van der Waals surface area contributed by atoms with Crippen LogP contribution in [-0.2, 0) is 17.1 Å². The van der Waals surface area contributed by atoms with Gasteiger partial charge in [0.2, 0.25) is 10.0 Å². The van der Waals surface area contributed by atoms with Gasteiger partial charge in [-0.15, -0.1) is 0 Å². The van der Waals surface area contributed by atoms with Crippen molar-refractivity contribution in [1.82, 2.24) is 19.0 Å². The van der Waals surface area contributed by atoms with E-state index < -0.39 is 10.0 Å². The van der Waals surface area contributed by atoms with Crippen molar-refractivity contribution in [2.24, 2.45) is 7.05 Å². The number of sulfonamides is 1. The Bertz CT molecular complexity index is 593. The summed E-state index contributed by atoms with van der Waals surface area (Å²) in [5.74, 6) is 0.0838. The molecule has 1 aromatic rings. The summed E-state index contributed by atoms with van der Waals surface area (Å²) in [5, 5.41) is 4.01. The summed E-state index contributed by atoms with van der Waals surface area (Å²) < 4.78 is 28.8. The zero-order chi connectivity index (χ0) is 15.1. The number of nitrogens with zero attached hydrogens (tertiary/aromatic N) is 4. The molecule has 0 spiro atoms. The fraction of sp³-hybridized carbons (Fsp3) is 0.750. The molecule has 1 unspecified atom stereocenters. The van der Waals surface area contributed by atoms with Gasteiger partial charge in [0.15, 0.2) is 5.82 Å². The molecule has 0 amide bonds. The second-order valence-corrected chi connectivity index (χ2v) is 7.42. The molecule has 1 saturated heterocycles. The predicted molar refractivity (Wildman–Crippen MR) is 77.8 cm³/mol. The van der Waals surface area contributed by atoms with Gasteiger partial charge in [-0.3, -0.25) is 4.68 Å². The first-order chi connectivity index (χ1) is 9.25. The number of aryl methyl sites for hydroxylation is 1. The van der Waals surface area contributed by atoms with Crippen molar-refractivity contribution in [2.75, 3.05) is 32.9 Å². The Hall–Kier alpha value is -1.12. The molecule has 0 radical (unpaired) electrons. The highest BCUT2D eigenvalue weighted by atomic mass is 32.2. The van der Waals surface area contributed by atoms with E-state index in [2.05, 4.69) is 5.10 Å². The molecule has 0 saturated carbocycles. The van der Waals surface area contributed by atoms with E-state index in [1.54, 1.807) is 18.3 Å². The fourth-order valence-corrected chi connectivity index (χ4v) is 4.76. The van der Waals surface area contributed by atoms with Gasteiger partial charge >= 0.3 is 0 Å². The number of likely N-dealkylation sites (N-methyl/N-ethyl adjacent to an activating group) is 1. The SMILES string of the molecule is Cc1c(S(=O)(=O)N2CCCC2CN(C)C)c(N)nn1C. The third kappa shape index (κ3) is 2.55. The summed E-state index contributed by atoms with van der Waals surface area (Å²) >= 11 is 0. The first kappa shape index (κ1) is 15.3. The molecule has 1 fully saturated rings. The molecule has 2 heterocycles. The summed E-state index contributed by atoms with van der Waals surface area (Å²) in [4.78, 5) is 2.17. The van der Waals surface area contributed by atoms with Crippen LogP contribution in [-0.4, -0.2) is 60.6 Å². The topological polar surface area (TPSA) is 84.5 Å². The Morgan fingerprint density at radius 1 is 1.45 bits per heavy atom. The lowest BCUT2D eigenvalue weighted by molar-refractivity contribution is 0.291. The average Bonchev–Trinajstić information content (AvgIpc) is 2.85. The van der Waals surface area contributed by atoms with Crippen molar-refractivity contribution in [1.29, 1.82) is 0 Å². The highest BCUT2D eigenvalue weighted by molar-refractivity contribution is 7.89. The van der Waals surface area contributed by atoms with Crippen LogP contribution < -0.4 is 5.73 Å². The van der Waals surface area contributed by atoms with Crippen molar-refractivity contribution >= 4 is 15.8 Å². The largest absolute Gasteiger partial charge is 0.381 e. The summed E-state index contributed by atoms with van der Waals surface area (Å²) in [5.41, 5.74) is 6.38. The predicted octanol–water partition coefficient (Wildman–Crippen LogP) is 0.0254. The van der Waals surface area contributed by atoms with Crippen LogP contribution in [0, 0.1) is 6.92 Å². The van der Waals surface area contributed by atoms with Crippen LogP contribution in [0.3, 0.4) is 0 Å². The monoisotopic (exact) mass is 301 g/mol. The Morgan fingerprint density at radius 2 is 2.10 bits per heavy atom. The molecule has 1 aliphatic rings. The van der Waals surface area contributed by atoms with Crippen LogP contribution in [0.25, 0.3) is 0 Å². The van der Waals surface area contributed by atoms with Gasteiger partial charge in [0.25, 0.3) is 0 Å². The van der Waals surface area contributed by atoms with E-state index in [4.69, 9.17) is 5.73 Å². The van der Waals surface area contributed by atoms with Gasteiger partial charge in [0.1, 0.15) is 4.90 Å².